The minimum atomic E-state index is -4.06. The number of aromatic nitrogens is 5. The average Bonchev–Trinajstić information content (AvgIpc) is 3.38. The minimum Gasteiger partial charge on any atom is -0.463 e. The SMILES string of the molecule is CCCS(=O)(=O)Nc1c(F)ccc(C(=O)c2nn(C3CCCCO3)c3ncc(-c4cnc(C(=O)OC)nc4)cc23)c1F. The monoisotopic (exact) mass is 600 g/mol. The number of methoxy groups -OCH3 is 1. The minimum absolute atomic E-state index is 0.148. The Kier molecular flexibility index (Phi) is 8.22. The molecule has 1 fully saturated rings. The predicted molar refractivity (Wildman–Crippen MR) is 146 cm³/mol. The lowest BCUT2D eigenvalue weighted by atomic mass is 10.0. The normalized spacial score (nSPS) is 15.5. The summed E-state index contributed by atoms with van der Waals surface area (Å²) in [5.41, 5.74) is -0.531. The summed E-state index contributed by atoms with van der Waals surface area (Å²) in [5, 5.41) is 4.69. The van der Waals surface area contributed by atoms with Crippen LogP contribution in [0, 0.1) is 11.6 Å². The van der Waals surface area contributed by atoms with E-state index in [1.165, 1.54) is 30.4 Å². The first-order valence-electron chi connectivity index (χ1n) is 13.1. The number of benzene rings is 1. The summed E-state index contributed by atoms with van der Waals surface area (Å²) in [6.45, 7) is 2.08. The molecular weight excluding hydrogens is 574 g/mol. The van der Waals surface area contributed by atoms with Gasteiger partial charge in [-0.1, -0.05) is 6.92 Å². The third-order valence-electron chi connectivity index (χ3n) is 6.61. The average molecular weight is 601 g/mol. The third-order valence-corrected chi connectivity index (χ3v) is 8.07. The Labute approximate surface area is 239 Å². The highest BCUT2D eigenvalue weighted by Gasteiger charge is 2.29. The third kappa shape index (κ3) is 5.69. The van der Waals surface area contributed by atoms with Crippen molar-refractivity contribution in [3.63, 3.8) is 0 Å². The van der Waals surface area contributed by atoms with Crippen LogP contribution in [0.4, 0.5) is 14.5 Å². The number of pyridine rings is 1. The van der Waals surface area contributed by atoms with Gasteiger partial charge in [-0.25, -0.2) is 41.6 Å². The number of ketones is 1. The first-order valence-corrected chi connectivity index (χ1v) is 14.7. The molecule has 1 N–H and O–H groups in total. The molecular formula is C27H26F2N6O6S. The lowest BCUT2D eigenvalue weighted by Gasteiger charge is -2.23. The van der Waals surface area contributed by atoms with Crippen LogP contribution in [0.1, 0.15) is 65.5 Å². The van der Waals surface area contributed by atoms with Gasteiger partial charge in [-0.3, -0.25) is 9.52 Å². The van der Waals surface area contributed by atoms with E-state index in [9.17, 15) is 22.4 Å². The van der Waals surface area contributed by atoms with E-state index >= 15 is 4.39 Å². The van der Waals surface area contributed by atoms with Crippen molar-refractivity contribution < 1.29 is 36.3 Å². The van der Waals surface area contributed by atoms with Gasteiger partial charge in [0.1, 0.15) is 17.2 Å². The molecule has 1 saturated heterocycles. The second-order valence-corrected chi connectivity index (χ2v) is 11.4. The number of hydrogen-bond acceptors (Lipinski definition) is 10. The highest BCUT2D eigenvalue weighted by atomic mass is 32.2. The van der Waals surface area contributed by atoms with Crippen LogP contribution in [0.3, 0.4) is 0 Å². The summed E-state index contributed by atoms with van der Waals surface area (Å²) < 4.78 is 68.4. The van der Waals surface area contributed by atoms with Crippen molar-refractivity contribution in [2.45, 2.75) is 38.8 Å². The van der Waals surface area contributed by atoms with Crippen LogP contribution >= 0.6 is 0 Å². The molecule has 0 saturated carbocycles. The van der Waals surface area contributed by atoms with Gasteiger partial charge in [0.25, 0.3) is 0 Å². The molecule has 15 heteroatoms. The second-order valence-electron chi connectivity index (χ2n) is 9.53. The van der Waals surface area contributed by atoms with E-state index in [0.29, 0.717) is 24.2 Å². The van der Waals surface area contributed by atoms with Crippen molar-refractivity contribution in [1.29, 1.82) is 0 Å². The fourth-order valence-electron chi connectivity index (χ4n) is 4.56. The van der Waals surface area contributed by atoms with Gasteiger partial charge in [-0.2, -0.15) is 5.10 Å². The van der Waals surface area contributed by atoms with E-state index in [1.807, 2.05) is 4.72 Å². The summed E-state index contributed by atoms with van der Waals surface area (Å²) in [7, 11) is -2.85. The number of hydrogen-bond donors (Lipinski definition) is 1. The molecule has 0 spiro atoms. The molecule has 3 aromatic heterocycles. The van der Waals surface area contributed by atoms with E-state index < -0.39 is 50.9 Å². The molecule has 1 aliphatic rings. The molecule has 0 bridgehead atoms. The quantitative estimate of drug-likeness (QED) is 0.220. The summed E-state index contributed by atoms with van der Waals surface area (Å²) >= 11 is 0. The Balaban J connectivity index is 1.62. The van der Waals surface area contributed by atoms with E-state index in [2.05, 4.69) is 24.8 Å². The van der Waals surface area contributed by atoms with Gasteiger partial charge in [0.05, 0.1) is 23.8 Å². The molecule has 1 unspecified atom stereocenters. The van der Waals surface area contributed by atoms with Crippen LogP contribution in [0.2, 0.25) is 0 Å². The van der Waals surface area contributed by atoms with E-state index in [4.69, 9.17) is 4.74 Å². The number of nitrogens with zero attached hydrogens (tertiary/aromatic N) is 5. The van der Waals surface area contributed by atoms with Crippen LogP contribution in [-0.2, 0) is 19.5 Å². The number of halogens is 2. The van der Waals surface area contributed by atoms with Crippen molar-refractivity contribution in [2.24, 2.45) is 0 Å². The number of carbonyl (C=O) groups excluding carboxylic acids is 2. The predicted octanol–water partition coefficient (Wildman–Crippen LogP) is 4.03. The van der Waals surface area contributed by atoms with Crippen molar-refractivity contribution >= 4 is 38.5 Å². The molecule has 0 radical (unpaired) electrons. The van der Waals surface area contributed by atoms with Gasteiger partial charge in [-0.05, 0) is 43.9 Å². The van der Waals surface area contributed by atoms with Crippen molar-refractivity contribution in [3.05, 3.63) is 65.5 Å². The molecule has 220 valence electrons. The molecule has 1 aromatic carbocycles. The smallest absolute Gasteiger partial charge is 0.376 e. The lowest BCUT2D eigenvalue weighted by Crippen LogP contribution is -2.20. The fraction of sp³-hybridized carbons (Fsp3) is 0.333. The van der Waals surface area contributed by atoms with Crippen molar-refractivity contribution in [2.75, 3.05) is 24.2 Å². The van der Waals surface area contributed by atoms with Gasteiger partial charge < -0.3 is 9.47 Å². The van der Waals surface area contributed by atoms with Crippen LogP contribution < -0.4 is 4.72 Å². The maximum atomic E-state index is 15.6. The first-order chi connectivity index (χ1) is 20.1. The first kappa shape index (κ1) is 29.1. The largest absolute Gasteiger partial charge is 0.463 e. The van der Waals surface area contributed by atoms with Crippen LogP contribution in [0.25, 0.3) is 22.2 Å². The lowest BCUT2D eigenvalue weighted by molar-refractivity contribution is -0.0371. The van der Waals surface area contributed by atoms with Gasteiger partial charge >= 0.3 is 5.97 Å². The Morgan fingerprint density at radius 2 is 1.86 bits per heavy atom. The van der Waals surface area contributed by atoms with Gasteiger partial charge in [0.2, 0.25) is 21.6 Å². The van der Waals surface area contributed by atoms with Gasteiger partial charge in [0.15, 0.2) is 17.7 Å². The number of esters is 1. The summed E-state index contributed by atoms with van der Waals surface area (Å²) in [6, 6.07) is 3.33. The van der Waals surface area contributed by atoms with Crippen LogP contribution in [-0.4, -0.2) is 64.4 Å². The number of fused-ring (bicyclic) bond motifs is 1. The molecule has 4 aromatic rings. The van der Waals surface area contributed by atoms with E-state index in [-0.39, 0.29) is 34.7 Å². The molecule has 1 atom stereocenters. The highest BCUT2D eigenvalue weighted by molar-refractivity contribution is 7.92. The Hall–Kier alpha value is -4.37. The van der Waals surface area contributed by atoms with E-state index in [0.717, 1.165) is 25.0 Å². The molecule has 1 aliphatic heterocycles. The molecule has 5 rings (SSSR count). The van der Waals surface area contributed by atoms with Crippen molar-refractivity contribution in [1.82, 2.24) is 24.7 Å². The zero-order chi connectivity index (χ0) is 30.0. The number of rotatable bonds is 9. The molecule has 12 nitrogen and oxygen atoms in total. The van der Waals surface area contributed by atoms with Crippen LogP contribution in [0.5, 0.6) is 0 Å². The molecule has 0 amide bonds. The maximum Gasteiger partial charge on any atom is 0.376 e. The van der Waals surface area contributed by atoms with Gasteiger partial charge in [-0.15, -0.1) is 0 Å². The zero-order valence-electron chi connectivity index (χ0n) is 22.6. The molecule has 42 heavy (non-hydrogen) atoms. The zero-order valence-corrected chi connectivity index (χ0v) is 23.5. The highest BCUT2D eigenvalue weighted by Crippen LogP contribution is 2.32. The topological polar surface area (TPSA) is 155 Å². The fourth-order valence-corrected chi connectivity index (χ4v) is 5.70. The maximum absolute atomic E-state index is 15.6. The Bertz CT molecular complexity index is 1770. The summed E-state index contributed by atoms with van der Waals surface area (Å²) in [4.78, 5) is 38.0. The Morgan fingerprint density at radius 3 is 2.52 bits per heavy atom. The molecule has 4 heterocycles. The van der Waals surface area contributed by atoms with Gasteiger partial charge in [0, 0.05) is 36.3 Å². The standard InChI is InChI=1S/C27H26F2N6O6S/c1-3-10-42(38,39)34-23-19(28)8-7-17(21(23)29)24(36)22-18-11-15(16-13-30-25(31-14-16)27(37)40-2)12-32-26(18)35(33-22)20-6-4-5-9-41-20/h7-8,11-14,20,34H,3-6,9-10H2,1-2H3. The number of ether oxygens (including phenoxy) is 2. The second kappa shape index (κ2) is 11.9. The number of sulfonamides is 1. The number of anilines is 1. The van der Waals surface area contributed by atoms with Crippen LogP contribution in [0.15, 0.2) is 36.8 Å². The Morgan fingerprint density at radius 1 is 1.12 bits per heavy atom. The number of nitrogens with one attached hydrogen (secondary N) is 1. The molecule has 0 aliphatic carbocycles. The van der Waals surface area contributed by atoms with E-state index in [1.54, 1.807) is 13.0 Å². The number of carbonyl (C=O) groups is 2. The summed E-state index contributed by atoms with van der Waals surface area (Å²) in [6.07, 6.45) is 6.27. The summed E-state index contributed by atoms with van der Waals surface area (Å²) in [5.74, 6) is -4.68. The van der Waals surface area contributed by atoms with Crippen molar-refractivity contribution in [3.8, 4) is 11.1 Å².